The molecule has 4 fully saturated rings. The summed E-state index contributed by atoms with van der Waals surface area (Å²) < 4.78 is 0. The van der Waals surface area contributed by atoms with Gasteiger partial charge in [0.05, 0.1) is 31.0 Å². The van der Waals surface area contributed by atoms with Crippen molar-refractivity contribution in [3.63, 3.8) is 0 Å². The molecule has 144 valence electrons. The van der Waals surface area contributed by atoms with E-state index < -0.39 is 23.2 Å². The zero-order valence-electron chi connectivity index (χ0n) is 15.5. The predicted octanol–water partition coefficient (Wildman–Crippen LogP) is 1.06. The summed E-state index contributed by atoms with van der Waals surface area (Å²) in [5.41, 5.74) is -2.12. The summed E-state index contributed by atoms with van der Waals surface area (Å²) in [7, 11) is 0. The van der Waals surface area contributed by atoms with E-state index in [9.17, 15) is 25.5 Å². The molecule has 4 rings (SSSR count). The second-order valence-corrected chi connectivity index (χ2v) is 10.1. The molecule has 4 saturated carbocycles. The Bertz CT molecular complexity index is 554. The third-order valence-electron chi connectivity index (χ3n) is 9.58. The van der Waals surface area contributed by atoms with Gasteiger partial charge in [0.2, 0.25) is 0 Å². The number of hydrogen-bond acceptors (Lipinski definition) is 5. The van der Waals surface area contributed by atoms with Gasteiger partial charge in [0.1, 0.15) is 0 Å². The van der Waals surface area contributed by atoms with Crippen molar-refractivity contribution in [2.45, 2.75) is 76.6 Å². The molecule has 0 aromatic heterocycles. The molecule has 0 radical (unpaired) electrons. The zero-order chi connectivity index (χ0) is 18.3. The minimum atomic E-state index is -1.16. The molecule has 0 amide bonds. The highest BCUT2D eigenvalue weighted by atomic mass is 16.3. The molecule has 0 aromatic carbocycles. The fraction of sp³-hybridized carbons (Fsp3) is 1.00. The average Bonchev–Trinajstić information content (AvgIpc) is 2.82. The Morgan fingerprint density at radius 1 is 0.920 bits per heavy atom. The van der Waals surface area contributed by atoms with E-state index in [2.05, 4.69) is 6.92 Å². The van der Waals surface area contributed by atoms with Gasteiger partial charge >= 0.3 is 0 Å². The lowest BCUT2D eigenvalue weighted by molar-refractivity contribution is -0.249. The van der Waals surface area contributed by atoms with Gasteiger partial charge in [-0.05, 0) is 62.2 Å². The standard InChI is InChI=1S/C20H34O5/c1-17(10-21)14-4-3-12-9-13-16(24)20(12,8-7-19(13,25)11-22)18(14,2)6-5-15(17)23/h12-16,21-25H,3-11H2,1-2H3. The molecular formula is C20H34O5. The molecule has 0 aliphatic heterocycles. The summed E-state index contributed by atoms with van der Waals surface area (Å²) >= 11 is 0. The number of aliphatic hydroxyl groups excluding tert-OH is 4. The summed E-state index contributed by atoms with van der Waals surface area (Å²) in [6.45, 7) is 3.95. The molecule has 9 atom stereocenters. The highest BCUT2D eigenvalue weighted by Crippen LogP contribution is 2.75. The molecule has 0 heterocycles. The second-order valence-electron chi connectivity index (χ2n) is 10.1. The van der Waals surface area contributed by atoms with E-state index in [1.54, 1.807) is 0 Å². The van der Waals surface area contributed by atoms with E-state index in [0.717, 1.165) is 32.1 Å². The summed E-state index contributed by atoms with van der Waals surface area (Å²) in [4.78, 5) is 0. The first-order chi connectivity index (χ1) is 11.7. The van der Waals surface area contributed by atoms with Crippen molar-refractivity contribution in [3.05, 3.63) is 0 Å². The third kappa shape index (κ3) is 1.92. The van der Waals surface area contributed by atoms with Crippen LogP contribution in [0.4, 0.5) is 0 Å². The van der Waals surface area contributed by atoms with E-state index in [0.29, 0.717) is 18.8 Å². The number of fused-ring (bicyclic) bond motifs is 2. The third-order valence-corrected chi connectivity index (χ3v) is 9.58. The summed E-state index contributed by atoms with van der Waals surface area (Å²) in [6, 6.07) is 0. The Morgan fingerprint density at radius 2 is 1.64 bits per heavy atom. The van der Waals surface area contributed by atoms with E-state index in [-0.39, 0.29) is 35.9 Å². The first-order valence-corrected chi connectivity index (χ1v) is 10.00. The van der Waals surface area contributed by atoms with Crippen LogP contribution in [0, 0.1) is 34.0 Å². The Kier molecular flexibility index (Phi) is 3.94. The van der Waals surface area contributed by atoms with Crippen LogP contribution in [0.3, 0.4) is 0 Å². The minimum absolute atomic E-state index is 0.0325. The van der Waals surface area contributed by atoms with Crippen molar-refractivity contribution in [1.29, 1.82) is 0 Å². The number of rotatable bonds is 2. The number of aliphatic hydroxyl groups is 5. The van der Waals surface area contributed by atoms with Gasteiger partial charge in [-0.3, -0.25) is 0 Å². The molecule has 25 heavy (non-hydrogen) atoms. The fourth-order valence-electron chi connectivity index (χ4n) is 8.07. The Morgan fingerprint density at radius 3 is 2.28 bits per heavy atom. The quantitative estimate of drug-likeness (QED) is 0.510. The largest absolute Gasteiger partial charge is 0.396 e. The van der Waals surface area contributed by atoms with Gasteiger partial charge in [0.25, 0.3) is 0 Å². The second kappa shape index (κ2) is 5.41. The van der Waals surface area contributed by atoms with Crippen LogP contribution in [0.2, 0.25) is 0 Å². The monoisotopic (exact) mass is 354 g/mol. The van der Waals surface area contributed by atoms with Crippen LogP contribution in [-0.2, 0) is 0 Å². The molecule has 4 aliphatic rings. The SMILES string of the molecule is CC1(CO)C(O)CCC2(C)C1CCC1CC3C(O)C12CCC3(O)CO. The molecular weight excluding hydrogens is 320 g/mol. The molecule has 1 spiro atoms. The van der Waals surface area contributed by atoms with Crippen LogP contribution >= 0.6 is 0 Å². The van der Waals surface area contributed by atoms with Crippen LogP contribution < -0.4 is 0 Å². The van der Waals surface area contributed by atoms with Gasteiger partial charge in [-0.1, -0.05) is 13.8 Å². The molecule has 5 N–H and O–H groups in total. The lowest BCUT2D eigenvalue weighted by atomic mass is 9.38. The Balaban J connectivity index is 1.80. The average molecular weight is 354 g/mol. The first kappa shape index (κ1) is 18.2. The van der Waals surface area contributed by atoms with Crippen molar-refractivity contribution >= 4 is 0 Å². The van der Waals surface area contributed by atoms with Crippen molar-refractivity contribution in [2.24, 2.45) is 34.0 Å². The maximum absolute atomic E-state index is 11.4. The fourth-order valence-corrected chi connectivity index (χ4v) is 8.07. The topological polar surface area (TPSA) is 101 Å². The summed E-state index contributed by atoms with van der Waals surface area (Å²) in [5, 5.41) is 52.7. The maximum atomic E-state index is 11.4. The van der Waals surface area contributed by atoms with Crippen LogP contribution in [0.15, 0.2) is 0 Å². The Labute approximate surface area is 150 Å². The minimum Gasteiger partial charge on any atom is -0.396 e. The first-order valence-electron chi connectivity index (χ1n) is 10.00. The summed E-state index contributed by atoms with van der Waals surface area (Å²) in [5.74, 6) is 0.255. The van der Waals surface area contributed by atoms with Gasteiger partial charge < -0.3 is 25.5 Å². The molecule has 5 nitrogen and oxygen atoms in total. The van der Waals surface area contributed by atoms with Gasteiger partial charge in [0.15, 0.2) is 0 Å². The van der Waals surface area contributed by atoms with Crippen molar-refractivity contribution in [3.8, 4) is 0 Å². The van der Waals surface area contributed by atoms with Crippen LogP contribution in [0.1, 0.15) is 58.8 Å². The van der Waals surface area contributed by atoms with Gasteiger partial charge in [-0.15, -0.1) is 0 Å². The lowest BCUT2D eigenvalue weighted by Crippen LogP contribution is -2.67. The van der Waals surface area contributed by atoms with E-state index in [4.69, 9.17) is 0 Å². The predicted molar refractivity (Wildman–Crippen MR) is 92.6 cm³/mol. The number of hydrogen-bond donors (Lipinski definition) is 5. The normalized spacial score (nSPS) is 60.8. The molecule has 2 bridgehead atoms. The molecule has 0 aromatic rings. The van der Waals surface area contributed by atoms with Gasteiger partial charge in [-0.25, -0.2) is 0 Å². The van der Waals surface area contributed by atoms with Crippen molar-refractivity contribution < 1.29 is 25.5 Å². The van der Waals surface area contributed by atoms with Gasteiger partial charge in [-0.2, -0.15) is 0 Å². The smallest absolute Gasteiger partial charge is 0.0930 e. The molecule has 0 saturated heterocycles. The highest BCUT2D eigenvalue weighted by Gasteiger charge is 2.74. The van der Waals surface area contributed by atoms with Gasteiger partial charge in [0, 0.05) is 16.7 Å². The van der Waals surface area contributed by atoms with Crippen LogP contribution in [-0.4, -0.2) is 56.6 Å². The van der Waals surface area contributed by atoms with E-state index >= 15 is 0 Å². The van der Waals surface area contributed by atoms with E-state index in [1.807, 2.05) is 6.92 Å². The highest BCUT2D eigenvalue weighted by molar-refractivity contribution is 5.22. The van der Waals surface area contributed by atoms with Crippen LogP contribution in [0.25, 0.3) is 0 Å². The Hall–Kier alpha value is -0.200. The van der Waals surface area contributed by atoms with Crippen molar-refractivity contribution in [1.82, 2.24) is 0 Å². The maximum Gasteiger partial charge on any atom is 0.0930 e. The van der Waals surface area contributed by atoms with E-state index in [1.165, 1.54) is 0 Å². The molecule has 5 heteroatoms. The summed E-state index contributed by atoms with van der Waals surface area (Å²) in [6.07, 6.45) is 4.33. The zero-order valence-corrected chi connectivity index (χ0v) is 15.5. The lowest BCUT2D eigenvalue weighted by Gasteiger charge is -2.67. The molecule has 4 aliphatic carbocycles. The molecule has 9 unspecified atom stereocenters. The van der Waals surface area contributed by atoms with Crippen molar-refractivity contribution in [2.75, 3.05) is 13.2 Å². The van der Waals surface area contributed by atoms with Crippen LogP contribution in [0.5, 0.6) is 0 Å².